The number of halogens is 1. The summed E-state index contributed by atoms with van der Waals surface area (Å²) in [5, 5.41) is 9.18. The second-order valence-electron chi connectivity index (χ2n) is 2.36. The van der Waals surface area contributed by atoms with Crippen LogP contribution in [0.3, 0.4) is 0 Å². The first-order chi connectivity index (χ1) is 5.63. The van der Waals surface area contributed by atoms with Crippen LogP contribution in [0.1, 0.15) is 6.92 Å². The summed E-state index contributed by atoms with van der Waals surface area (Å²) in [7, 11) is -1.35. The van der Waals surface area contributed by atoms with Crippen LogP contribution in [0.4, 0.5) is 0 Å². The van der Waals surface area contributed by atoms with Crippen LogP contribution in [0.25, 0.3) is 0 Å². The van der Waals surface area contributed by atoms with E-state index in [4.69, 9.17) is 0 Å². The first-order valence-corrected chi connectivity index (χ1v) is 5.81. The van der Waals surface area contributed by atoms with Gasteiger partial charge in [-0.3, -0.25) is 0 Å². The Morgan fingerprint density at radius 3 is 2.67 bits per heavy atom. The molecule has 0 bridgehead atoms. The fourth-order valence-electron chi connectivity index (χ4n) is 0.886. The van der Waals surface area contributed by atoms with Gasteiger partial charge >= 0.3 is 0 Å². The smallest absolute Gasteiger partial charge is 0.160 e. The molecule has 1 atom stereocenters. The first kappa shape index (κ1) is 9.74. The van der Waals surface area contributed by atoms with E-state index in [0.717, 1.165) is 4.47 Å². The number of benzene rings is 1. The molecule has 0 heterocycles. The zero-order chi connectivity index (χ0) is 9.14. The van der Waals surface area contributed by atoms with Crippen molar-refractivity contribution >= 4 is 26.7 Å². The van der Waals surface area contributed by atoms with Gasteiger partial charge in [0.05, 0.1) is 0 Å². The second kappa shape index (κ2) is 4.05. The third-order valence-corrected chi connectivity index (χ3v) is 3.31. The normalized spacial score (nSPS) is 12.8. The molecule has 1 unspecified atom stereocenters. The maximum atomic E-state index is 11.3. The van der Waals surface area contributed by atoms with Crippen LogP contribution in [0.15, 0.2) is 27.6 Å². The average molecular weight is 250 g/mol. The zero-order valence-electron chi connectivity index (χ0n) is 6.62. The van der Waals surface area contributed by atoms with Crippen LogP contribution in [0.2, 0.25) is 0 Å². The summed E-state index contributed by atoms with van der Waals surface area (Å²) in [6.45, 7) is 1.86. The predicted octanol–water partition coefficient (Wildman–Crippen LogP) is 2.23. The first-order valence-electron chi connectivity index (χ1n) is 3.57. The highest BCUT2D eigenvalue weighted by Gasteiger charge is 2.09. The van der Waals surface area contributed by atoms with Gasteiger partial charge in [-0.2, -0.15) is 0 Å². The van der Waals surface area contributed by atoms with Crippen LogP contribution in [-0.2, 0) is 15.0 Å². The molecule has 0 aromatic heterocycles. The summed E-state index contributed by atoms with van der Waals surface area (Å²) < 4.78 is 12.1. The van der Waals surface area contributed by atoms with Crippen molar-refractivity contribution in [2.45, 2.75) is 11.8 Å². The zero-order valence-corrected chi connectivity index (χ0v) is 9.10. The summed E-state index contributed by atoms with van der Waals surface area (Å²) in [4.78, 5) is 0.694. The van der Waals surface area contributed by atoms with E-state index in [1.54, 1.807) is 12.1 Å². The van der Waals surface area contributed by atoms with Gasteiger partial charge < -0.3 is 5.11 Å². The summed E-state index contributed by atoms with van der Waals surface area (Å²) >= 11 is 3.22. The van der Waals surface area contributed by atoms with Gasteiger partial charge in [-0.25, -0.2) is 0 Å². The van der Waals surface area contributed by atoms with E-state index >= 15 is 0 Å². The molecule has 1 rings (SSSR count). The standard InChI is InChI=1S/C8H9BrO2S/c1-2-12(11)8-4-6(9)3-7(10)5-8/h3-5,10H,2H2,1H3/p+1. The molecule has 0 saturated carbocycles. The van der Waals surface area contributed by atoms with E-state index in [2.05, 4.69) is 15.9 Å². The Morgan fingerprint density at radius 2 is 2.17 bits per heavy atom. The quantitative estimate of drug-likeness (QED) is 0.645. The molecule has 1 aromatic carbocycles. The molecular formula is C8H10BrO2S+. The number of thiol groups is 1. The van der Waals surface area contributed by atoms with Crippen molar-refractivity contribution < 1.29 is 9.32 Å². The third kappa shape index (κ3) is 2.32. The highest BCUT2D eigenvalue weighted by atomic mass is 79.9. The molecule has 2 nitrogen and oxygen atoms in total. The van der Waals surface area contributed by atoms with E-state index < -0.39 is 10.8 Å². The molecular weight excluding hydrogens is 240 g/mol. The van der Waals surface area contributed by atoms with Crippen molar-refractivity contribution in [3.05, 3.63) is 22.7 Å². The van der Waals surface area contributed by atoms with Crippen molar-refractivity contribution in [1.29, 1.82) is 0 Å². The Morgan fingerprint density at radius 1 is 1.50 bits per heavy atom. The highest BCUT2D eigenvalue weighted by Crippen LogP contribution is 2.22. The summed E-state index contributed by atoms with van der Waals surface area (Å²) in [5.41, 5.74) is 0. The largest absolute Gasteiger partial charge is 0.508 e. The van der Waals surface area contributed by atoms with E-state index in [0.29, 0.717) is 10.6 Å². The van der Waals surface area contributed by atoms with Crippen molar-refractivity contribution in [3.8, 4) is 5.75 Å². The van der Waals surface area contributed by atoms with Gasteiger partial charge in [-0.05, 0) is 13.0 Å². The molecule has 0 radical (unpaired) electrons. The Hall–Kier alpha value is -0.350. The Labute approximate surface area is 82.2 Å². The summed E-state index contributed by atoms with van der Waals surface area (Å²) in [6, 6.07) is 4.87. The maximum absolute atomic E-state index is 11.3. The number of aromatic hydroxyl groups is 1. The fraction of sp³-hybridized carbons (Fsp3) is 0.250. The fourth-order valence-corrected chi connectivity index (χ4v) is 2.47. The van der Waals surface area contributed by atoms with Crippen molar-refractivity contribution in [2.75, 3.05) is 5.75 Å². The molecule has 0 aliphatic rings. The summed E-state index contributed by atoms with van der Waals surface area (Å²) in [6.07, 6.45) is 0. The van der Waals surface area contributed by atoms with Crippen molar-refractivity contribution in [2.24, 2.45) is 0 Å². The van der Waals surface area contributed by atoms with Gasteiger partial charge in [0.15, 0.2) is 4.90 Å². The number of phenolic OH excluding ortho intramolecular Hbond substituents is 1. The molecule has 0 fully saturated rings. The molecule has 4 heteroatoms. The Kier molecular flexibility index (Phi) is 3.29. The Balaban J connectivity index is 3.08. The van der Waals surface area contributed by atoms with Gasteiger partial charge in [0, 0.05) is 16.6 Å². The van der Waals surface area contributed by atoms with E-state index in [9.17, 15) is 9.32 Å². The lowest BCUT2D eigenvalue weighted by atomic mass is 10.3. The van der Waals surface area contributed by atoms with E-state index in [1.807, 2.05) is 6.92 Å². The van der Waals surface area contributed by atoms with E-state index in [-0.39, 0.29) is 5.75 Å². The van der Waals surface area contributed by atoms with Gasteiger partial charge in [-0.1, -0.05) is 15.9 Å². The average Bonchev–Trinajstić information content (AvgIpc) is 2.01. The number of hydrogen-bond acceptors (Lipinski definition) is 2. The number of phenols is 1. The van der Waals surface area contributed by atoms with Gasteiger partial charge in [0.25, 0.3) is 0 Å². The predicted molar refractivity (Wildman–Crippen MR) is 54.1 cm³/mol. The Bertz CT molecular complexity index is 292. The molecule has 0 aliphatic carbocycles. The SMILES string of the molecule is CC[SH+](=O)c1cc(O)cc(Br)c1. The molecule has 0 aliphatic heterocycles. The lowest BCUT2D eigenvalue weighted by molar-refractivity contribution is 0.473. The van der Waals surface area contributed by atoms with Gasteiger partial charge in [-0.15, -0.1) is 4.21 Å². The minimum Gasteiger partial charge on any atom is -0.508 e. The third-order valence-electron chi connectivity index (χ3n) is 1.44. The van der Waals surface area contributed by atoms with Crippen molar-refractivity contribution in [1.82, 2.24) is 0 Å². The summed E-state index contributed by atoms with van der Waals surface area (Å²) in [5.74, 6) is 0.752. The van der Waals surface area contributed by atoms with Crippen LogP contribution < -0.4 is 0 Å². The second-order valence-corrected chi connectivity index (χ2v) is 5.18. The van der Waals surface area contributed by atoms with Crippen LogP contribution in [0, 0.1) is 0 Å². The molecule has 0 saturated heterocycles. The molecule has 66 valence electrons. The van der Waals surface area contributed by atoms with Crippen LogP contribution in [0.5, 0.6) is 5.75 Å². The van der Waals surface area contributed by atoms with Gasteiger partial charge in [0.1, 0.15) is 22.3 Å². The lowest BCUT2D eigenvalue weighted by Gasteiger charge is -1.95. The maximum Gasteiger partial charge on any atom is 0.160 e. The molecule has 12 heavy (non-hydrogen) atoms. The molecule has 0 spiro atoms. The highest BCUT2D eigenvalue weighted by molar-refractivity contribution is 9.10. The molecule has 1 aromatic rings. The monoisotopic (exact) mass is 249 g/mol. The topological polar surface area (TPSA) is 37.3 Å². The van der Waals surface area contributed by atoms with Gasteiger partial charge in [0.2, 0.25) is 0 Å². The number of rotatable bonds is 2. The van der Waals surface area contributed by atoms with Crippen LogP contribution >= 0.6 is 15.9 Å². The van der Waals surface area contributed by atoms with Crippen LogP contribution in [-0.4, -0.2) is 10.9 Å². The minimum atomic E-state index is -1.35. The molecule has 1 N–H and O–H groups in total. The number of hydrogen-bond donors (Lipinski definition) is 1. The minimum absolute atomic E-state index is 0.149. The van der Waals surface area contributed by atoms with Crippen molar-refractivity contribution in [3.63, 3.8) is 0 Å². The lowest BCUT2D eigenvalue weighted by Crippen LogP contribution is -1.92. The molecule has 0 amide bonds. The van der Waals surface area contributed by atoms with E-state index in [1.165, 1.54) is 6.07 Å².